The number of alkyl halides is 3. The number of aromatic nitrogens is 1. The van der Waals surface area contributed by atoms with E-state index in [9.17, 15) is 18.3 Å². The van der Waals surface area contributed by atoms with Crippen molar-refractivity contribution in [3.05, 3.63) is 54.1 Å². The number of nitrogens with zero attached hydrogens (tertiary/aromatic N) is 1. The SMILES string of the molecule is CNc1nc2c(O)cccc2cc1-c1ccc(C(F)(F)F)cc1. The predicted molar refractivity (Wildman–Crippen MR) is 83.4 cm³/mol. The van der Waals surface area contributed by atoms with Gasteiger partial charge in [-0.05, 0) is 29.8 Å². The molecule has 0 saturated heterocycles. The zero-order valence-electron chi connectivity index (χ0n) is 12.1. The van der Waals surface area contributed by atoms with Crippen LogP contribution in [0, 0.1) is 0 Å². The monoisotopic (exact) mass is 318 g/mol. The normalized spacial score (nSPS) is 11.7. The van der Waals surface area contributed by atoms with Gasteiger partial charge < -0.3 is 10.4 Å². The number of anilines is 1. The average molecular weight is 318 g/mol. The predicted octanol–water partition coefficient (Wildman–Crippen LogP) is 4.67. The molecule has 0 saturated carbocycles. The van der Waals surface area contributed by atoms with Gasteiger partial charge >= 0.3 is 6.18 Å². The Labute approximate surface area is 130 Å². The Balaban J connectivity index is 2.15. The highest BCUT2D eigenvalue weighted by Gasteiger charge is 2.30. The standard InChI is InChI=1S/C17H13F3N2O/c1-21-16-13(9-11-3-2-4-14(23)15(11)22-16)10-5-7-12(8-6-10)17(18,19)20/h2-9,23H,1H3,(H,21,22). The number of hydrogen-bond donors (Lipinski definition) is 2. The molecule has 2 aromatic carbocycles. The van der Waals surface area contributed by atoms with Gasteiger partial charge in [-0.25, -0.2) is 4.98 Å². The molecule has 118 valence electrons. The second-order valence-corrected chi connectivity index (χ2v) is 5.06. The van der Waals surface area contributed by atoms with E-state index in [1.54, 1.807) is 25.2 Å². The van der Waals surface area contributed by atoms with Crippen molar-refractivity contribution in [1.29, 1.82) is 0 Å². The van der Waals surface area contributed by atoms with Crippen LogP contribution in [-0.4, -0.2) is 17.1 Å². The molecular weight excluding hydrogens is 305 g/mol. The summed E-state index contributed by atoms with van der Waals surface area (Å²) < 4.78 is 38.0. The van der Waals surface area contributed by atoms with E-state index in [4.69, 9.17) is 0 Å². The summed E-state index contributed by atoms with van der Waals surface area (Å²) in [6.45, 7) is 0. The average Bonchev–Trinajstić information content (AvgIpc) is 2.53. The van der Waals surface area contributed by atoms with Gasteiger partial charge in [0.05, 0.1) is 5.56 Å². The molecule has 0 fully saturated rings. The molecule has 3 rings (SSSR count). The van der Waals surface area contributed by atoms with Gasteiger partial charge in [-0.2, -0.15) is 13.2 Å². The van der Waals surface area contributed by atoms with Crippen LogP contribution in [0.15, 0.2) is 48.5 Å². The minimum atomic E-state index is -4.36. The van der Waals surface area contributed by atoms with Crippen LogP contribution < -0.4 is 5.32 Å². The van der Waals surface area contributed by atoms with Gasteiger partial charge in [0.2, 0.25) is 0 Å². The Hall–Kier alpha value is -2.76. The summed E-state index contributed by atoms with van der Waals surface area (Å²) in [5, 5.41) is 13.5. The first-order valence-electron chi connectivity index (χ1n) is 6.88. The number of rotatable bonds is 2. The van der Waals surface area contributed by atoms with Crippen LogP contribution in [0.2, 0.25) is 0 Å². The molecule has 0 unspecified atom stereocenters. The Morgan fingerprint density at radius 3 is 2.35 bits per heavy atom. The van der Waals surface area contributed by atoms with Crippen molar-refractivity contribution in [2.45, 2.75) is 6.18 Å². The van der Waals surface area contributed by atoms with Gasteiger partial charge in [0, 0.05) is 18.0 Å². The number of phenols is 1. The maximum Gasteiger partial charge on any atom is 0.416 e. The lowest BCUT2D eigenvalue weighted by molar-refractivity contribution is -0.137. The van der Waals surface area contributed by atoms with Crippen molar-refractivity contribution in [2.75, 3.05) is 12.4 Å². The lowest BCUT2D eigenvalue weighted by Gasteiger charge is -2.12. The van der Waals surface area contributed by atoms with E-state index in [1.165, 1.54) is 18.2 Å². The van der Waals surface area contributed by atoms with Crippen molar-refractivity contribution in [1.82, 2.24) is 4.98 Å². The van der Waals surface area contributed by atoms with Crippen LogP contribution in [0.3, 0.4) is 0 Å². The van der Waals surface area contributed by atoms with Gasteiger partial charge in [-0.1, -0.05) is 24.3 Å². The molecule has 2 N–H and O–H groups in total. The number of pyridine rings is 1. The number of benzene rings is 2. The highest BCUT2D eigenvalue weighted by Crippen LogP contribution is 2.35. The molecule has 0 amide bonds. The first-order chi connectivity index (χ1) is 10.9. The van der Waals surface area contributed by atoms with Crippen molar-refractivity contribution in [3.63, 3.8) is 0 Å². The van der Waals surface area contributed by atoms with Crippen LogP contribution in [0.25, 0.3) is 22.0 Å². The maximum atomic E-state index is 12.7. The van der Waals surface area contributed by atoms with E-state index >= 15 is 0 Å². The van der Waals surface area contributed by atoms with E-state index in [1.807, 2.05) is 0 Å². The van der Waals surface area contributed by atoms with Crippen LogP contribution in [0.1, 0.15) is 5.56 Å². The summed E-state index contributed by atoms with van der Waals surface area (Å²) in [4.78, 5) is 4.36. The number of nitrogens with one attached hydrogen (secondary N) is 1. The highest BCUT2D eigenvalue weighted by atomic mass is 19.4. The summed E-state index contributed by atoms with van der Waals surface area (Å²) in [5.74, 6) is 0.539. The molecule has 23 heavy (non-hydrogen) atoms. The first kappa shape index (κ1) is 15.1. The Kier molecular flexibility index (Phi) is 3.60. The fraction of sp³-hybridized carbons (Fsp3) is 0.118. The Morgan fingerprint density at radius 1 is 1.04 bits per heavy atom. The molecule has 1 heterocycles. The number of hydrogen-bond acceptors (Lipinski definition) is 3. The van der Waals surface area contributed by atoms with E-state index in [2.05, 4.69) is 10.3 Å². The fourth-order valence-electron chi connectivity index (χ4n) is 2.43. The topological polar surface area (TPSA) is 45.2 Å². The molecule has 0 atom stereocenters. The third-order valence-corrected chi connectivity index (χ3v) is 3.58. The Morgan fingerprint density at radius 2 is 1.74 bits per heavy atom. The van der Waals surface area contributed by atoms with Gasteiger partial charge in [0.15, 0.2) is 0 Å². The molecule has 0 bridgehead atoms. The molecule has 0 radical (unpaired) electrons. The zero-order chi connectivity index (χ0) is 16.6. The molecule has 0 aliphatic carbocycles. The molecule has 0 aliphatic rings. The maximum absolute atomic E-state index is 12.7. The van der Waals surface area contributed by atoms with Crippen molar-refractivity contribution in [2.24, 2.45) is 0 Å². The number of aromatic hydroxyl groups is 1. The molecule has 0 spiro atoms. The van der Waals surface area contributed by atoms with Crippen LogP contribution >= 0.6 is 0 Å². The van der Waals surface area contributed by atoms with E-state index in [-0.39, 0.29) is 5.75 Å². The lowest BCUT2D eigenvalue weighted by atomic mass is 10.0. The van der Waals surface area contributed by atoms with Crippen LogP contribution in [0.5, 0.6) is 5.75 Å². The Bertz CT molecular complexity index is 858. The first-order valence-corrected chi connectivity index (χ1v) is 6.88. The molecular formula is C17H13F3N2O. The number of halogens is 3. The minimum absolute atomic E-state index is 0.0537. The molecule has 3 aromatic rings. The number of para-hydroxylation sites is 1. The number of phenolic OH excluding ortho intramolecular Hbond substituents is 1. The van der Waals surface area contributed by atoms with Crippen LogP contribution in [-0.2, 0) is 6.18 Å². The summed E-state index contributed by atoms with van der Waals surface area (Å²) in [7, 11) is 1.67. The van der Waals surface area contributed by atoms with Gasteiger partial charge in [0.25, 0.3) is 0 Å². The number of fused-ring (bicyclic) bond motifs is 1. The van der Waals surface area contributed by atoms with Crippen molar-refractivity contribution in [3.8, 4) is 16.9 Å². The summed E-state index contributed by atoms with van der Waals surface area (Å²) >= 11 is 0. The van der Waals surface area contributed by atoms with E-state index < -0.39 is 11.7 Å². The lowest BCUT2D eigenvalue weighted by Crippen LogP contribution is -2.04. The van der Waals surface area contributed by atoms with Crippen LogP contribution in [0.4, 0.5) is 19.0 Å². The second-order valence-electron chi connectivity index (χ2n) is 5.06. The second kappa shape index (κ2) is 5.46. The zero-order valence-corrected chi connectivity index (χ0v) is 12.1. The van der Waals surface area contributed by atoms with Crippen molar-refractivity contribution >= 4 is 16.7 Å². The minimum Gasteiger partial charge on any atom is -0.506 e. The van der Waals surface area contributed by atoms with Gasteiger partial charge in [-0.15, -0.1) is 0 Å². The molecule has 6 heteroatoms. The summed E-state index contributed by atoms with van der Waals surface area (Å²) in [6.07, 6.45) is -4.36. The smallest absolute Gasteiger partial charge is 0.416 e. The van der Waals surface area contributed by atoms with Gasteiger partial charge in [0.1, 0.15) is 17.1 Å². The summed E-state index contributed by atoms with van der Waals surface area (Å²) in [6, 6.07) is 11.7. The third-order valence-electron chi connectivity index (χ3n) is 3.58. The highest BCUT2D eigenvalue weighted by molar-refractivity contribution is 5.92. The molecule has 1 aromatic heterocycles. The largest absolute Gasteiger partial charge is 0.506 e. The fourth-order valence-corrected chi connectivity index (χ4v) is 2.43. The van der Waals surface area contributed by atoms with E-state index in [0.717, 1.165) is 12.1 Å². The van der Waals surface area contributed by atoms with Crippen molar-refractivity contribution < 1.29 is 18.3 Å². The molecule has 0 aliphatic heterocycles. The molecule has 3 nitrogen and oxygen atoms in total. The summed E-state index contributed by atoms with van der Waals surface area (Å²) in [5.41, 5.74) is 1.02. The quantitative estimate of drug-likeness (QED) is 0.722. The third kappa shape index (κ3) is 2.79. The van der Waals surface area contributed by atoms with E-state index in [0.29, 0.717) is 27.8 Å². The van der Waals surface area contributed by atoms with Gasteiger partial charge in [-0.3, -0.25) is 0 Å².